The summed E-state index contributed by atoms with van der Waals surface area (Å²) in [6, 6.07) is 0. The van der Waals surface area contributed by atoms with E-state index in [1.54, 1.807) is 0 Å². The van der Waals surface area contributed by atoms with Crippen molar-refractivity contribution in [1.82, 2.24) is 0 Å². The molecule has 1 unspecified atom stereocenters. The van der Waals surface area contributed by atoms with Crippen LogP contribution < -0.4 is 0 Å². The Bertz CT molecular complexity index is 1430. The van der Waals surface area contributed by atoms with Crippen molar-refractivity contribution in [2.45, 2.75) is 380 Å². The first-order valence-corrected chi connectivity index (χ1v) is 35.3. The van der Waals surface area contributed by atoms with Gasteiger partial charge < -0.3 is 14.2 Å². The molecule has 0 aromatic heterocycles. The molecule has 0 rings (SSSR count). The largest absolute Gasteiger partial charge is 0.462 e. The lowest BCUT2D eigenvalue weighted by molar-refractivity contribution is -0.167. The number of allylic oxidation sites excluding steroid dienone is 10. The maximum atomic E-state index is 12.9. The van der Waals surface area contributed by atoms with E-state index < -0.39 is 6.10 Å². The molecule has 0 aromatic rings. The predicted molar refractivity (Wildman–Crippen MR) is 348 cm³/mol. The highest BCUT2D eigenvalue weighted by Gasteiger charge is 2.19. The molecule has 0 amide bonds. The standard InChI is InChI=1S/C74H134O6/c1-4-7-10-13-16-19-22-25-27-28-29-30-31-32-33-34-35-36-37-38-39-40-41-42-43-44-45-47-49-52-55-58-61-64-67-73(76)79-70-71(69-78-72(75)66-63-60-57-54-51-48-24-21-18-15-12-9-6-3)80-74(77)68-65-62-59-56-53-50-46-26-23-20-17-14-11-8-5-2/h8,11,17,20-21,24,26,46,53,56,71H,4-7,9-10,12-16,18-19,22-23,25,27-45,47-52,54-55,57-70H2,1-3H3/b11-8-,20-17-,24-21-,46-26-,56-53-. The summed E-state index contributed by atoms with van der Waals surface area (Å²) < 4.78 is 16.9. The second-order valence-electron chi connectivity index (χ2n) is 23.8. The van der Waals surface area contributed by atoms with Crippen LogP contribution in [0.25, 0.3) is 0 Å². The van der Waals surface area contributed by atoms with Crippen molar-refractivity contribution in [3.05, 3.63) is 60.8 Å². The fourth-order valence-electron chi connectivity index (χ4n) is 10.5. The third kappa shape index (κ3) is 65.9. The molecule has 0 N–H and O–H groups in total. The SMILES string of the molecule is CC/C=C\C/C=C\C/C=C\C/C=C\CCCCC(=O)OC(COC(=O)CCCCCCC/C=C\CCCCCC)COC(=O)CCCCCCCCCCCCCCCCCCCCCCCCCCCCCCCCCCCC. The van der Waals surface area contributed by atoms with Crippen LogP contribution >= 0.6 is 0 Å². The molecule has 0 aliphatic rings. The maximum Gasteiger partial charge on any atom is 0.306 e. The Morgan fingerprint density at radius 3 is 0.812 bits per heavy atom. The maximum absolute atomic E-state index is 12.9. The van der Waals surface area contributed by atoms with E-state index in [0.29, 0.717) is 19.3 Å². The summed E-state index contributed by atoms with van der Waals surface area (Å²) in [5.41, 5.74) is 0. The zero-order valence-electron chi connectivity index (χ0n) is 53.6. The van der Waals surface area contributed by atoms with Crippen molar-refractivity contribution in [2.24, 2.45) is 0 Å². The van der Waals surface area contributed by atoms with Gasteiger partial charge in [0, 0.05) is 19.3 Å². The van der Waals surface area contributed by atoms with Gasteiger partial charge in [0.05, 0.1) is 0 Å². The van der Waals surface area contributed by atoms with Crippen molar-refractivity contribution < 1.29 is 28.6 Å². The minimum atomic E-state index is -0.799. The quantitative estimate of drug-likeness (QED) is 0.0261. The average molecular weight is 1120 g/mol. The smallest absolute Gasteiger partial charge is 0.306 e. The Morgan fingerprint density at radius 1 is 0.263 bits per heavy atom. The summed E-state index contributed by atoms with van der Waals surface area (Å²) in [5, 5.41) is 0. The number of carbonyl (C=O) groups is 3. The number of ether oxygens (including phenoxy) is 3. The zero-order chi connectivity index (χ0) is 57.8. The van der Waals surface area contributed by atoms with E-state index in [1.807, 2.05) is 0 Å². The van der Waals surface area contributed by atoms with Gasteiger partial charge >= 0.3 is 17.9 Å². The molecule has 0 aliphatic carbocycles. The molecule has 0 spiro atoms. The lowest BCUT2D eigenvalue weighted by atomic mass is 10.0. The minimum Gasteiger partial charge on any atom is -0.462 e. The van der Waals surface area contributed by atoms with Gasteiger partial charge in [0.2, 0.25) is 0 Å². The molecule has 80 heavy (non-hydrogen) atoms. The topological polar surface area (TPSA) is 78.9 Å². The third-order valence-electron chi connectivity index (χ3n) is 15.8. The minimum absolute atomic E-state index is 0.0906. The first-order chi connectivity index (χ1) is 39.5. The molecule has 6 nitrogen and oxygen atoms in total. The molecule has 6 heteroatoms. The highest BCUT2D eigenvalue weighted by Crippen LogP contribution is 2.18. The number of carbonyl (C=O) groups excluding carboxylic acids is 3. The summed E-state index contributed by atoms with van der Waals surface area (Å²) in [6.45, 7) is 6.52. The van der Waals surface area contributed by atoms with Crippen LogP contribution in [-0.4, -0.2) is 37.2 Å². The first-order valence-electron chi connectivity index (χ1n) is 35.3. The molecule has 0 saturated carbocycles. The van der Waals surface area contributed by atoms with Crippen LogP contribution in [0.3, 0.4) is 0 Å². The Hall–Kier alpha value is -2.89. The summed E-state index contributed by atoms with van der Waals surface area (Å²) in [6.07, 6.45) is 88.6. The van der Waals surface area contributed by atoms with E-state index in [2.05, 4.69) is 81.5 Å². The van der Waals surface area contributed by atoms with Gasteiger partial charge in [-0.3, -0.25) is 14.4 Å². The van der Waals surface area contributed by atoms with Crippen LogP contribution in [0, 0.1) is 0 Å². The lowest BCUT2D eigenvalue weighted by Gasteiger charge is -2.18. The van der Waals surface area contributed by atoms with Gasteiger partial charge in [0.1, 0.15) is 13.2 Å². The molecule has 1 atom stereocenters. The molecular weight excluding hydrogens is 985 g/mol. The average Bonchev–Trinajstić information content (AvgIpc) is 3.46. The summed E-state index contributed by atoms with van der Waals surface area (Å²) in [4.78, 5) is 38.3. The van der Waals surface area contributed by atoms with Gasteiger partial charge in [-0.05, 0) is 83.5 Å². The molecule has 466 valence electrons. The fourth-order valence-corrected chi connectivity index (χ4v) is 10.5. The van der Waals surface area contributed by atoms with Crippen LogP contribution in [0.1, 0.15) is 374 Å². The number of hydrogen-bond donors (Lipinski definition) is 0. The van der Waals surface area contributed by atoms with Gasteiger partial charge in [0.25, 0.3) is 0 Å². The normalized spacial score (nSPS) is 12.4. The van der Waals surface area contributed by atoms with Gasteiger partial charge in [-0.25, -0.2) is 0 Å². The molecule has 0 aromatic carbocycles. The third-order valence-corrected chi connectivity index (χ3v) is 15.8. The Morgan fingerprint density at radius 2 is 0.487 bits per heavy atom. The summed E-state index contributed by atoms with van der Waals surface area (Å²) >= 11 is 0. The van der Waals surface area contributed by atoms with Crippen LogP contribution in [0.15, 0.2) is 60.8 Å². The first kappa shape index (κ1) is 77.1. The van der Waals surface area contributed by atoms with Crippen LogP contribution in [0.4, 0.5) is 0 Å². The van der Waals surface area contributed by atoms with Crippen molar-refractivity contribution >= 4 is 17.9 Å². The van der Waals surface area contributed by atoms with Crippen molar-refractivity contribution in [3.63, 3.8) is 0 Å². The Labute approximate surface area is 498 Å². The monoisotopic (exact) mass is 1120 g/mol. The van der Waals surface area contributed by atoms with E-state index in [9.17, 15) is 14.4 Å². The van der Waals surface area contributed by atoms with E-state index in [4.69, 9.17) is 14.2 Å². The summed E-state index contributed by atoms with van der Waals surface area (Å²) in [5.74, 6) is -0.924. The second kappa shape index (κ2) is 68.6. The molecule has 0 heterocycles. The summed E-state index contributed by atoms with van der Waals surface area (Å²) in [7, 11) is 0. The lowest BCUT2D eigenvalue weighted by Crippen LogP contribution is -2.30. The predicted octanol–water partition coefficient (Wildman–Crippen LogP) is 24.3. The Kier molecular flexibility index (Phi) is 66.1. The molecule has 0 saturated heterocycles. The molecular formula is C74H134O6. The van der Waals surface area contributed by atoms with Crippen molar-refractivity contribution in [2.75, 3.05) is 13.2 Å². The van der Waals surface area contributed by atoms with E-state index in [-0.39, 0.29) is 37.5 Å². The molecule has 0 bridgehead atoms. The van der Waals surface area contributed by atoms with Gasteiger partial charge in [0.15, 0.2) is 6.10 Å². The van der Waals surface area contributed by atoms with Crippen molar-refractivity contribution in [3.8, 4) is 0 Å². The van der Waals surface area contributed by atoms with Crippen LogP contribution in [0.5, 0.6) is 0 Å². The van der Waals surface area contributed by atoms with Crippen LogP contribution in [0.2, 0.25) is 0 Å². The molecule has 0 aliphatic heterocycles. The molecule has 0 fully saturated rings. The number of rotatable bonds is 65. The van der Waals surface area contributed by atoms with E-state index >= 15 is 0 Å². The van der Waals surface area contributed by atoms with E-state index in [1.165, 1.54) is 244 Å². The van der Waals surface area contributed by atoms with Gasteiger partial charge in [-0.2, -0.15) is 0 Å². The Balaban J connectivity index is 4.09. The molecule has 0 radical (unpaired) electrons. The zero-order valence-corrected chi connectivity index (χ0v) is 53.6. The second-order valence-corrected chi connectivity index (χ2v) is 23.8. The highest BCUT2D eigenvalue weighted by atomic mass is 16.6. The van der Waals surface area contributed by atoms with Gasteiger partial charge in [-0.15, -0.1) is 0 Å². The van der Waals surface area contributed by atoms with E-state index in [0.717, 1.165) is 83.5 Å². The number of hydrogen-bond acceptors (Lipinski definition) is 6. The number of esters is 3. The van der Waals surface area contributed by atoms with Crippen molar-refractivity contribution in [1.29, 1.82) is 0 Å². The van der Waals surface area contributed by atoms with Crippen LogP contribution in [-0.2, 0) is 28.6 Å². The fraction of sp³-hybridized carbons (Fsp3) is 0.824. The number of unbranched alkanes of at least 4 members (excludes halogenated alkanes) is 44. The van der Waals surface area contributed by atoms with Gasteiger partial charge in [-0.1, -0.05) is 332 Å². The highest BCUT2D eigenvalue weighted by molar-refractivity contribution is 5.71.